The zero-order chi connectivity index (χ0) is 15.0. The second kappa shape index (κ2) is 8.46. The van der Waals surface area contributed by atoms with E-state index in [4.69, 9.17) is 4.74 Å². The smallest absolute Gasteiger partial charge is 0.319 e. The molecule has 0 aliphatic heterocycles. The van der Waals surface area contributed by atoms with E-state index in [-0.39, 0.29) is 6.03 Å². The Morgan fingerprint density at radius 1 is 1.15 bits per heavy atom. The van der Waals surface area contributed by atoms with Crippen LogP contribution >= 0.6 is 0 Å². The molecule has 0 fully saturated rings. The summed E-state index contributed by atoms with van der Waals surface area (Å²) in [6.07, 6.45) is 0.971. The molecule has 2 amide bonds. The molecule has 0 aliphatic carbocycles. The molecule has 2 N–H and O–H groups in total. The maximum Gasteiger partial charge on any atom is 0.319 e. The van der Waals surface area contributed by atoms with Crippen molar-refractivity contribution in [2.45, 2.75) is 34.1 Å². The number of hydrogen-bond donors (Lipinski definition) is 2. The van der Waals surface area contributed by atoms with Gasteiger partial charge in [0.05, 0.1) is 12.3 Å². The molecule has 0 saturated heterocycles. The Morgan fingerprint density at radius 3 is 2.50 bits per heavy atom. The van der Waals surface area contributed by atoms with Crippen LogP contribution in [0.5, 0.6) is 5.75 Å². The second-order valence-corrected chi connectivity index (χ2v) is 5.76. The third kappa shape index (κ3) is 6.45. The lowest BCUT2D eigenvalue weighted by atomic mass is 10.1. The highest BCUT2D eigenvalue weighted by Crippen LogP contribution is 2.24. The zero-order valence-corrected chi connectivity index (χ0v) is 12.9. The van der Waals surface area contributed by atoms with Gasteiger partial charge >= 0.3 is 6.03 Å². The van der Waals surface area contributed by atoms with E-state index >= 15 is 0 Å². The van der Waals surface area contributed by atoms with Crippen LogP contribution < -0.4 is 15.4 Å². The van der Waals surface area contributed by atoms with Crippen molar-refractivity contribution in [1.82, 2.24) is 5.32 Å². The highest BCUT2D eigenvalue weighted by atomic mass is 16.5. The molecule has 0 saturated carbocycles. The number of ether oxygens (including phenoxy) is 1. The van der Waals surface area contributed by atoms with Crippen molar-refractivity contribution in [3.63, 3.8) is 0 Å². The fourth-order valence-corrected chi connectivity index (χ4v) is 1.59. The largest absolute Gasteiger partial charge is 0.491 e. The maximum absolute atomic E-state index is 11.8. The van der Waals surface area contributed by atoms with Gasteiger partial charge in [-0.05, 0) is 30.4 Å². The number of anilines is 1. The van der Waals surface area contributed by atoms with Crippen LogP contribution in [0.1, 0.15) is 34.1 Å². The molecule has 0 atom stereocenters. The molecule has 0 spiro atoms. The van der Waals surface area contributed by atoms with Gasteiger partial charge in [0.2, 0.25) is 0 Å². The van der Waals surface area contributed by atoms with E-state index in [0.29, 0.717) is 36.4 Å². The first-order valence-electron chi connectivity index (χ1n) is 7.25. The standard InChI is InChI=1S/C16H26N2O2/c1-12(2)9-10-17-16(19)18-14-7-5-6-8-15(14)20-11-13(3)4/h5-8,12-13H,9-11H2,1-4H3,(H2,17,18,19). The Kier molecular flexibility index (Phi) is 6.91. The SMILES string of the molecule is CC(C)CCNC(=O)Nc1ccccc1OCC(C)C. The van der Waals surface area contributed by atoms with Crippen LogP contribution in [0.3, 0.4) is 0 Å². The van der Waals surface area contributed by atoms with Crippen LogP contribution in [-0.2, 0) is 0 Å². The van der Waals surface area contributed by atoms with Crippen LogP contribution in [0.4, 0.5) is 10.5 Å². The van der Waals surface area contributed by atoms with Gasteiger partial charge in [0, 0.05) is 6.54 Å². The summed E-state index contributed by atoms with van der Waals surface area (Å²) < 4.78 is 5.70. The van der Waals surface area contributed by atoms with Crippen molar-refractivity contribution >= 4 is 11.7 Å². The minimum absolute atomic E-state index is 0.189. The molecule has 0 aromatic heterocycles. The molecule has 1 aromatic rings. The molecule has 4 nitrogen and oxygen atoms in total. The quantitative estimate of drug-likeness (QED) is 0.795. The van der Waals surface area contributed by atoms with Gasteiger partial charge in [0.25, 0.3) is 0 Å². The summed E-state index contributed by atoms with van der Waals surface area (Å²) in [4.78, 5) is 11.8. The molecule has 4 heteroatoms. The highest BCUT2D eigenvalue weighted by Gasteiger charge is 2.07. The predicted octanol–water partition coefficient (Wildman–Crippen LogP) is 3.89. The Morgan fingerprint density at radius 2 is 1.85 bits per heavy atom. The van der Waals surface area contributed by atoms with Gasteiger partial charge in [-0.1, -0.05) is 39.8 Å². The molecule has 1 aromatic carbocycles. The lowest BCUT2D eigenvalue weighted by molar-refractivity contribution is 0.250. The van der Waals surface area contributed by atoms with Crippen LogP contribution in [0.25, 0.3) is 0 Å². The van der Waals surface area contributed by atoms with E-state index in [0.717, 1.165) is 6.42 Å². The third-order valence-electron chi connectivity index (χ3n) is 2.71. The van der Waals surface area contributed by atoms with E-state index in [1.165, 1.54) is 0 Å². The van der Waals surface area contributed by atoms with Gasteiger partial charge in [-0.3, -0.25) is 0 Å². The number of amides is 2. The Balaban J connectivity index is 2.51. The highest BCUT2D eigenvalue weighted by molar-refractivity contribution is 5.90. The first kappa shape index (κ1) is 16.3. The average molecular weight is 278 g/mol. The van der Waals surface area contributed by atoms with Crippen LogP contribution in [0.15, 0.2) is 24.3 Å². The van der Waals surface area contributed by atoms with E-state index in [1.807, 2.05) is 24.3 Å². The van der Waals surface area contributed by atoms with Crippen LogP contribution in [0.2, 0.25) is 0 Å². The fraction of sp³-hybridized carbons (Fsp3) is 0.562. The number of para-hydroxylation sites is 2. The van der Waals surface area contributed by atoms with Crippen molar-refractivity contribution in [2.75, 3.05) is 18.5 Å². The lowest BCUT2D eigenvalue weighted by Crippen LogP contribution is -2.30. The van der Waals surface area contributed by atoms with Crippen molar-refractivity contribution in [1.29, 1.82) is 0 Å². The van der Waals surface area contributed by atoms with Crippen molar-refractivity contribution in [3.05, 3.63) is 24.3 Å². The van der Waals surface area contributed by atoms with Gasteiger partial charge < -0.3 is 15.4 Å². The van der Waals surface area contributed by atoms with Gasteiger partial charge in [-0.25, -0.2) is 4.79 Å². The summed E-state index contributed by atoms with van der Waals surface area (Å²) >= 11 is 0. The van der Waals surface area contributed by atoms with E-state index < -0.39 is 0 Å². The Bertz CT molecular complexity index is 417. The summed E-state index contributed by atoms with van der Waals surface area (Å²) in [5.41, 5.74) is 0.704. The molecular formula is C16H26N2O2. The minimum Gasteiger partial charge on any atom is -0.491 e. The van der Waals surface area contributed by atoms with Crippen LogP contribution in [0, 0.1) is 11.8 Å². The lowest BCUT2D eigenvalue weighted by Gasteiger charge is -2.14. The van der Waals surface area contributed by atoms with Gasteiger partial charge in [0.1, 0.15) is 5.75 Å². The molecule has 20 heavy (non-hydrogen) atoms. The topological polar surface area (TPSA) is 50.4 Å². The number of nitrogens with one attached hydrogen (secondary N) is 2. The summed E-state index contributed by atoms with van der Waals surface area (Å²) in [5, 5.41) is 5.68. The average Bonchev–Trinajstić information content (AvgIpc) is 2.37. The third-order valence-corrected chi connectivity index (χ3v) is 2.71. The van der Waals surface area contributed by atoms with E-state index in [9.17, 15) is 4.79 Å². The Labute approximate surface area is 121 Å². The molecule has 0 bridgehead atoms. The molecule has 0 heterocycles. The fourth-order valence-electron chi connectivity index (χ4n) is 1.59. The summed E-state index contributed by atoms with van der Waals surface area (Å²) in [5.74, 6) is 1.74. The summed E-state index contributed by atoms with van der Waals surface area (Å²) in [6.45, 7) is 9.76. The number of hydrogen-bond acceptors (Lipinski definition) is 2. The first-order chi connectivity index (χ1) is 9.49. The van der Waals surface area contributed by atoms with E-state index in [2.05, 4.69) is 38.3 Å². The first-order valence-corrected chi connectivity index (χ1v) is 7.25. The number of benzene rings is 1. The number of urea groups is 1. The molecular weight excluding hydrogens is 252 g/mol. The Hall–Kier alpha value is -1.71. The monoisotopic (exact) mass is 278 g/mol. The van der Waals surface area contributed by atoms with Gasteiger partial charge in [-0.15, -0.1) is 0 Å². The summed E-state index contributed by atoms with van der Waals surface area (Å²) in [6, 6.07) is 7.30. The van der Waals surface area contributed by atoms with Crippen molar-refractivity contribution in [2.24, 2.45) is 11.8 Å². The van der Waals surface area contributed by atoms with Gasteiger partial charge in [0.15, 0.2) is 0 Å². The molecule has 1 rings (SSSR count). The maximum atomic E-state index is 11.8. The molecule has 0 radical (unpaired) electrons. The molecule has 112 valence electrons. The number of rotatable bonds is 7. The van der Waals surface area contributed by atoms with Crippen LogP contribution in [-0.4, -0.2) is 19.2 Å². The summed E-state index contributed by atoms with van der Waals surface area (Å²) in [7, 11) is 0. The van der Waals surface area contributed by atoms with Gasteiger partial charge in [-0.2, -0.15) is 0 Å². The van der Waals surface area contributed by atoms with Crippen molar-refractivity contribution in [3.8, 4) is 5.75 Å². The van der Waals surface area contributed by atoms with Crippen molar-refractivity contribution < 1.29 is 9.53 Å². The number of carbonyl (C=O) groups excluding carboxylic acids is 1. The normalized spacial score (nSPS) is 10.7. The zero-order valence-electron chi connectivity index (χ0n) is 12.9. The number of carbonyl (C=O) groups is 1. The molecule has 0 aliphatic rings. The minimum atomic E-state index is -0.189. The molecule has 0 unspecified atom stereocenters. The van der Waals surface area contributed by atoms with E-state index in [1.54, 1.807) is 0 Å². The predicted molar refractivity (Wildman–Crippen MR) is 83.3 cm³/mol. The second-order valence-electron chi connectivity index (χ2n) is 5.76.